The van der Waals surface area contributed by atoms with Crippen LogP contribution in [0.25, 0.3) is 0 Å². The molecule has 0 aliphatic rings. The van der Waals surface area contributed by atoms with Gasteiger partial charge in [-0.15, -0.1) is 22.7 Å². The standard InChI is InChI=1S/C15H21NOS2/c1-15(2,3)13-7-6-11(19-13)14(16-4)12-8-10(17-5)9-18-12/h6-9,14,16H,1-5H3. The van der Waals surface area contributed by atoms with Crippen molar-refractivity contribution in [3.63, 3.8) is 0 Å². The molecule has 0 aromatic carbocycles. The SMILES string of the molecule is CNC(c1cc(OC)cs1)c1ccc(C(C)(C)C)s1. The summed E-state index contributed by atoms with van der Waals surface area (Å²) in [4.78, 5) is 4.07. The molecule has 0 aliphatic carbocycles. The molecule has 1 atom stereocenters. The van der Waals surface area contributed by atoms with E-state index in [2.05, 4.69) is 49.7 Å². The highest BCUT2D eigenvalue weighted by Crippen LogP contribution is 2.37. The Hall–Kier alpha value is -0.840. The van der Waals surface area contributed by atoms with Crippen molar-refractivity contribution in [3.8, 4) is 5.75 Å². The minimum absolute atomic E-state index is 0.217. The van der Waals surface area contributed by atoms with E-state index in [0.717, 1.165) is 5.75 Å². The van der Waals surface area contributed by atoms with Gasteiger partial charge in [-0.05, 0) is 30.7 Å². The molecule has 104 valence electrons. The van der Waals surface area contributed by atoms with Gasteiger partial charge in [0.05, 0.1) is 13.2 Å². The van der Waals surface area contributed by atoms with Crippen LogP contribution in [-0.4, -0.2) is 14.2 Å². The second kappa shape index (κ2) is 5.65. The van der Waals surface area contributed by atoms with Crippen LogP contribution in [0.15, 0.2) is 23.6 Å². The highest BCUT2D eigenvalue weighted by Gasteiger charge is 2.21. The Balaban J connectivity index is 2.29. The summed E-state index contributed by atoms with van der Waals surface area (Å²) in [6.45, 7) is 6.77. The highest BCUT2D eigenvalue weighted by molar-refractivity contribution is 7.13. The van der Waals surface area contributed by atoms with Crippen LogP contribution in [0, 0.1) is 0 Å². The van der Waals surface area contributed by atoms with Gasteiger partial charge < -0.3 is 10.1 Å². The van der Waals surface area contributed by atoms with Crippen molar-refractivity contribution in [2.75, 3.05) is 14.2 Å². The van der Waals surface area contributed by atoms with Crippen LogP contribution in [0.1, 0.15) is 41.4 Å². The molecule has 2 rings (SSSR count). The largest absolute Gasteiger partial charge is 0.496 e. The Morgan fingerprint density at radius 1 is 1.21 bits per heavy atom. The van der Waals surface area contributed by atoms with Gasteiger partial charge in [0, 0.05) is 20.0 Å². The molecule has 1 unspecified atom stereocenters. The molecule has 0 spiro atoms. The van der Waals surface area contributed by atoms with E-state index in [1.54, 1.807) is 18.4 Å². The lowest BCUT2D eigenvalue weighted by atomic mass is 9.95. The van der Waals surface area contributed by atoms with Crippen molar-refractivity contribution in [1.29, 1.82) is 0 Å². The fourth-order valence-electron chi connectivity index (χ4n) is 1.93. The lowest BCUT2D eigenvalue weighted by molar-refractivity contribution is 0.416. The third kappa shape index (κ3) is 3.19. The molecular weight excluding hydrogens is 274 g/mol. The Kier molecular flexibility index (Phi) is 4.33. The van der Waals surface area contributed by atoms with Gasteiger partial charge in [0.1, 0.15) is 5.75 Å². The second-order valence-corrected chi connectivity index (χ2v) is 7.62. The molecular formula is C15H21NOS2. The second-order valence-electron chi connectivity index (χ2n) is 5.56. The molecule has 0 fully saturated rings. The number of ether oxygens (including phenoxy) is 1. The Morgan fingerprint density at radius 3 is 2.42 bits per heavy atom. The van der Waals surface area contributed by atoms with E-state index in [-0.39, 0.29) is 11.5 Å². The Labute approximate surface area is 123 Å². The minimum atomic E-state index is 0.217. The van der Waals surface area contributed by atoms with E-state index in [1.807, 2.05) is 18.4 Å². The van der Waals surface area contributed by atoms with Gasteiger partial charge in [-0.2, -0.15) is 0 Å². The molecule has 0 saturated carbocycles. The molecule has 4 heteroatoms. The minimum Gasteiger partial charge on any atom is -0.496 e. The van der Waals surface area contributed by atoms with Crippen LogP contribution < -0.4 is 10.1 Å². The molecule has 2 heterocycles. The maximum atomic E-state index is 5.27. The normalized spacial score (nSPS) is 13.5. The summed E-state index contributed by atoms with van der Waals surface area (Å²) < 4.78 is 5.27. The van der Waals surface area contributed by atoms with Crippen LogP contribution in [0.5, 0.6) is 5.75 Å². The lowest BCUT2D eigenvalue weighted by Crippen LogP contribution is -2.15. The highest BCUT2D eigenvalue weighted by atomic mass is 32.1. The maximum Gasteiger partial charge on any atom is 0.129 e. The van der Waals surface area contributed by atoms with Gasteiger partial charge in [-0.25, -0.2) is 0 Å². The van der Waals surface area contributed by atoms with Crippen molar-refractivity contribution in [2.24, 2.45) is 0 Å². The number of methoxy groups -OCH3 is 1. The zero-order valence-corrected chi connectivity index (χ0v) is 13.7. The van der Waals surface area contributed by atoms with Crippen LogP contribution >= 0.6 is 22.7 Å². The fourth-order valence-corrected chi connectivity index (χ4v) is 4.18. The summed E-state index contributed by atoms with van der Waals surface area (Å²) in [5.74, 6) is 0.938. The monoisotopic (exact) mass is 295 g/mol. The third-order valence-corrected chi connectivity index (χ3v) is 5.61. The van der Waals surface area contributed by atoms with E-state index in [4.69, 9.17) is 4.74 Å². The smallest absolute Gasteiger partial charge is 0.129 e. The third-order valence-electron chi connectivity index (χ3n) is 3.06. The van der Waals surface area contributed by atoms with Gasteiger partial charge in [-0.3, -0.25) is 0 Å². The zero-order chi connectivity index (χ0) is 14.0. The summed E-state index contributed by atoms with van der Waals surface area (Å²) in [6, 6.07) is 6.85. The van der Waals surface area contributed by atoms with Crippen molar-refractivity contribution < 1.29 is 4.74 Å². The van der Waals surface area contributed by atoms with Crippen molar-refractivity contribution in [3.05, 3.63) is 38.2 Å². The number of nitrogens with one attached hydrogen (secondary N) is 1. The Morgan fingerprint density at radius 2 is 1.95 bits per heavy atom. The molecule has 0 saturated heterocycles. The summed E-state index contributed by atoms with van der Waals surface area (Å²) in [5, 5.41) is 5.46. The zero-order valence-electron chi connectivity index (χ0n) is 12.1. The van der Waals surface area contributed by atoms with Crippen molar-refractivity contribution >= 4 is 22.7 Å². The van der Waals surface area contributed by atoms with Crippen molar-refractivity contribution in [2.45, 2.75) is 32.2 Å². The molecule has 2 aromatic rings. The average molecular weight is 295 g/mol. The topological polar surface area (TPSA) is 21.3 Å². The Bertz CT molecular complexity index is 536. The summed E-state index contributed by atoms with van der Waals surface area (Å²) in [7, 11) is 3.72. The fraction of sp³-hybridized carbons (Fsp3) is 0.467. The molecule has 19 heavy (non-hydrogen) atoms. The van der Waals surface area contributed by atoms with Gasteiger partial charge >= 0.3 is 0 Å². The molecule has 0 bridgehead atoms. The number of rotatable bonds is 4. The number of thiophene rings is 2. The number of hydrogen-bond acceptors (Lipinski definition) is 4. The van der Waals surface area contributed by atoms with Gasteiger partial charge in [0.25, 0.3) is 0 Å². The van der Waals surface area contributed by atoms with Crippen LogP contribution in [0.4, 0.5) is 0 Å². The van der Waals surface area contributed by atoms with Gasteiger partial charge in [0.15, 0.2) is 0 Å². The molecule has 2 aromatic heterocycles. The predicted molar refractivity (Wildman–Crippen MR) is 84.8 cm³/mol. The summed E-state index contributed by atoms with van der Waals surface area (Å²) in [5.41, 5.74) is 0.217. The average Bonchev–Trinajstić information content (AvgIpc) is 2.98. The molecule has 0 amide bonds. The molecule has 2 nitrogen and oxygen atoms in total. The van der Waals surface area contributed by atoms with Crippen LogP contribution in [-0.2, 0) is 5.41 Å². The first kappa shape index (κ1) is 14.6. The first-order valence-electron chi connectivity index (χ1n) is 6.35. The van der Waals surface area contributed by atoms with Crippen molar-refractivity contribution in [1.82, 2.24) is 5.32 Å². The van der Waals surface area contributed by atoms with E-state index in [0.29, 0.717) is 0 Å². The van der Waals surface area contributed by atoms with Gasteiger partial charge in [-0.1, -0.05) is 20.8 Å². The molecule has 1 N–H and O–H groups in total. The molecule has 0 aliphatic heterocycles. The van der Waals surface area contributed by atoms with E-state index in [9.17, 15) is 0 Å². The molecule has 0 radical (unpaired) electrons. The van der Waals surface area contributed by atoms with Crippen LogP contribution in [0.2, 0.25) is 0 Å². The predicted octanol–water partition coefficient (Wildman–Crippen LogP) is 4.42. The first-order valence-corrected chi connectivity index (χ1v) is 8.05. The quantitative estimate of drug-likeness (QED) is 0.901. The van der Waals surface area contributed by atoms with E-state index in [1.165, 1.54) is 14.6 Å². The maximum absolute atomic E-state index is 5.27. The lowest BCUT2D eigenvalue weighted by Gasteiger charge is -2.16. The summed E-state index contributed by atoms with van der Waals surface area (Å²) >= 11 is 3.63. The van der Waals surface area contributed by atoms with Gasteiger partial charge in [0.2, 0.25) is 0 Å². The van der Waals surface area contributed by atoms with E-state index < -0.39 is 0 Å². The van der Waals surface area contributed by atoms with Crippen LogP contribution in [0.3, 0.4) is 0 Å². The van der Waals surface area contributed by atoms with E-state index >= 15 is 0 Å². The first-order chi connectivity index (χ1) is 8.95. The summed E-state index contributed by atoms with van der Waals surface area (Å²) in [6.07, 6.45) is 0. The number of hydrogen-bond donors (Lipinski definition) is 1.